The van der Waals surface area contributed by atoms with Gasteiger partial charge in [0.05, 0.1) is 11.4 Å². The summed E-state index contributed by atoms with van der Waals surface area (Å²) in [5.41, 5.74) is 2.32. The highest BCUT2D eigenvalue weighted by atomic mass is 35.5. The molecule has 7 nitrogen and oxygen atoms in total. The molecule has 0 bridgehead atoms. The monoisotopic (exact) mass is 421 g/mol. The van der Waals surface area contributed by atoms with Crippen molar-refractivity contribution in [3.05, 3.63) is 64.4 Å². The molecule has 0 aliphatic rings. The number of fused-ring (bicyclic) bond motifs is 1. The van der Waals surface area contributed by atoms with Crippen LogP contribution in [0, 0.1) is 0 Å². The Morgan fingerprint density at radius 2 is 1.89 bits per heavy atom. The van der Waals surface area contributed by atoms with E-state index >= 15 is 0 Å². The first-order valence-electron chi connectivity index (χ1n) is 7.86. The van der Waals surface area contributed by atoms with Crippen molar-refractivity contribution in [1.29, 1.82) is 0 Å². The zero-order valence-electron chi connectivity index (χ0n) is 13.7. The topological polar surface area (TPSA) is 104 Å². The Labute approximate surface area is 164 Å². The number of benzene rings is 1. The lowest BCUT2D eigenvalue weighted by atomic mass is 10.2. The summed E-state index contributed by atoms with van der Waals surface area (Å²) < 4.78 is 27.8. The summed E-state index contributed by atoms with van der Waals surface area (Å²) in [7, 11) is -3.76. The van der Waals surface area contributed by atoms with Gasteiger partial charge >= 0.3 is 0 Å². The number of nitrogens with zero attached hydrogens (tertiary/aromatic N) is 2. The Hall–Kier alpha value is -2.39. The van der Waals surface area contributed by atoms with Crippen LogP contribution >= 0.6 is 23.2 Å². The van der Waals surface area contributed by atoms with Crippen molar-refractivity contribution in [3.8, 4) is 11.4 Å². The van der Waals surface area contributed by atoms with E-state index in [1.54, 1.807) is 30.5 Å². The molecule has 10 heteroatoms. The molecule has 0 saturated heterocycles. The number of pyridine rings is 1. The molecule has 0 spiro atoms. The summed E-state index contributed by atoms with van der Waals surface area (Å²) in [6.07, 6.45) is 3.05. The third-order valence-corrected chi connectivity index (χ3v) is 6.16. The number of nitrogens with one attached hydrogen (secondary N) is 3. The fourth-order valence-electron chi connectivity index (χ4n) is 2.68. The van der Waals surface area contributed by atoms with Gasteiger partial charge in [0, 0.05) is 39.9 Å². The maximum absolute atomic E-state index is 12.6. The normalized spacial score (nSPS) is 11.9. The lowest BCUT2D eigenvalue weighted by molar-refractivity contribution is 0.581. The van der Waals surface area contributed by atoms with Crippen molar-refractivity contribution in [2.75, 3.05) is 0 Å². The van der Waals surface area contributed by atoms with Crippen LogP contribution in [0.15, 0.2) is 53.7 Å². The number of aromatic amines is 2. The highest BCUT2D eigenvalue weighted by Gasteiger charge is 2.19. The van der Waals surface area contributed by atoms with Gasteiger partial charge in [-0.25, -0.2) is 18.1 Å². The third-order valence-electron chi connectivity index (χ3n) is 4.07. The van der Waals surface area contributed by atoms with Crippen molar-refractivity contribution in [2.45, 2.75) is 11.4 Å². The summed E-state index contributed by atoms with van der Waals surface area (Å²) in [5.74, 6) is 0. The van der Waals surface area contributed by atoms with E-state index in [0.29, 0.717) is 32.6 Å². The summed E-state index contributed by atoms with van der Waals surface area (Å²) in [6, 6.07) is 10.2. The first kappa shape index (κ1) is 18.0. The first-order chi connectivity index (χ1) is 13.0. The minimum absolute atomic E-state index is 0.0156. The summed E-state index contributed by atoms with van der Waals surface area (Å²) in [5, 5.41) is 8.57. The number of rotatable bonds is 5. The van der Waals surface area contributed by atoms with Crippen molar-refractivity contribution >= 4 is 44.3 Å². The van der Waals surface area contributed by atoms with Crippen molar-refractivity contribution < 1.29 is 8.42 Å². The maximum Gasteiger partial charge on any atom is 0.242 e. The number of sulfonamides is 1. The Morgan fingerprint density at radius 3 is 2.67 bits per heavy atom. The number of aromatic nitrogens is 4. The van der Waals surface area contributed by atoms with E-state index in [9.17, 15) is 8.42 Å². The van der Waals surface area contributed by atoms with Gasteiger partial charge in [-0.2, -0.15) is 5.10 Å². The van der Waals surface area contributed by atoms with Crippen LogP contribution in [-0.2, 0) is 16.6 Å². The molecule has 3 aromatic heterocycles. The van der Waals surface area contributed by atoms with Gasteiger partial charge in [0.15, 0.2) is 5.65 Å². The van der Waals surface area contributed by atoms with Gasteiger partial charge in [-0.15, -0.1) is 0 Å². The molecular weight excluding hydrogens is 409 g/mol. The van der Waals surface area contributed by atoms with Crippen LogP contribution in [0.4, 0.5) is 0 Å². The molecule has 0 saturated carbocycles. The van der Waals surface area contributed by atoms with E-state index in [-0.39, 0.29) is 11.4 Å². The molecule has 3 heterocycles. The van der Waals surface area contributed by atoms with Gasteiger partial charge in [-0.1, -0.05) is 29.3 Å². The molecule has 1 aromatic carbocycles. The SMILES string of the molecule is O=S(=O)(NCc1c(Cl)cccc1Cl)c1c[nH]c(-c2[nH]nc3ncccc23)c1. The second-order valence-electron chi connectivity index (χ2n) is 5.75. The Bertz CT molecular complexity index is 1210. The van der Waals surface area contributed by atoms with Gasteiger partial charge in [0.2, 0.25) is 10.0 Å². The minimum Gasteiger partial charge on any atom is -0.359 e. The van der Waals surface area contributed by atoms with E-state index in [2.05, 4.69) is 24.9 Å². The number of H-pyrrole nitrogens is 2. The molecule has 27 heavy (non-hydrogen) atoms. The van der Waals surface area contributed by atoms with Crippen LogP contribution in [0.1, 0.15) is 5.56 Å². The molecule has 4 rings (SSSR count). The average Bonchev–Trinajstić information content (AvgIpc) is 3.28. The molecule has 138 valence electrons. The second kappa shape index (κ2) is 6.97. The van der Waals surface area contributed by atoms with Gasteiger partial charge in [0.1, 0.15) is 4.90 Å². The molecule has 0 radical (unpaired) electrons. The quantitative estimate of drug-likeness (QED) is 0.456. The largest absolute Gasteiger partial charge is 0.359 e. The summed E-state index contributed by atoms with van der Waals surface area (Å²) >= 11 is 12.2. The molecule has 0 aliphatic carbocycles. The Morgan fingerprint density at radius 1 is 1.11 bits per heavy atom. The van der Waals surface area contributed by atoms with Crippen molar-refractivity contribution in [1.82, 2.24) is 24.9 Å². The summed E-state index contributed by atoms with van der Waals surface area (Å²) in [4.78, 5) is 7.20. The standard InChI is InChI=1S/C17H13Cl2N5O2S/c18-13-4-1-5-14(19)12(13)9-22-27(25,26)10-7-15(21-8-10)16-11-3-2-6-20-17(11)24-23-16/h1-8,21-22H,9H2,(H,20,23,24). The van der Waals surface area contributed by atoms with E-state index in [0.717, 1.165) is 5.39 Å². The zero-order valence-corrected chi connectivity index (χ0v) is 16.0. The summed E-state index contributed by atoms with van der Waals surface area (Å²) in [6.45, 7) is -0.0156. The van der Waals surface area contributed by atoms with Crippen molar-refractivity contribution in [2.24, 2.45) is 0 Å². The van der Waals surface area contributed by atoms with Crippen molar-refractivity contribution in [3.63, 3.8) is 0 Å². The van der Waals surface area contributed by atoms with Crippen LogP contribution in [0.3, 0.4) is 0 Å². The highest BCUT2D eigenvalue weighted by molar-refractivity contribution is 7.89. The number of halogens is 2. The van der Waals surface area contributed by atoms with Gasteiger partial charge in [-0.05, 0) is 30.3 Å². The Kier molecular flexibility index (Phi) is 4.65. The zero-order chi connectivity index (χ0) is 19.0. The Balaban J connectivity index is 1.60. The smallest absolute Gasteiger partial charge is 0.242 e. The number of hydrogen-bond acceptors (Lipinski definition) is 4. The molecule has 0 aliphatic heterocycles. The molecule has 3 N–H and O–H groups in total. The maximum atomic E-state index is 12.6. The highest BCUT2D eigenvalue weighted by Crippen LogP contribution is 2.27. The third kappa shape index (κ3) is 3.44. The molecule has 0 amide bonds. The van der Waals surface area contributed by atoms with Crippen LogP contribution in [0.5, 0.6) is 0 Å². The van der Waals surface area contributed by atoms with Crippen LogP contribution in [-0.4, -0.2) is 28.6 Å². The van der Waals surface area contributed by atoms with Gasteiger partial charge in [-0.3, -0.25) is 5.10 Å². The number of hydrogen-bond donors (Lipinski definition) is 3. The van der Waals surface area contributed by atoms with Crippen LogP contribution in [0.2, 0.25) is 10.0 Å². The molecule has 0 atom stereocenters. The fraction of sp³-hybridized carbons (Fsp3) is 0.0588. The first-order valence-corrected chi connectivity index (χ1v) is 10.1. The fourth-order valence-corrected chi connectivity index (χ4v) is 4.20. The molecule has 0 unspecified atom stereocenters. The van der Waals surface area contributed by atoms with E-state index < -0.39 is 10.0 Å². The minimum atomic E-state index is -3.76. The second-order valence-corrected chi connectivity index (χ2v) is 8.33. The molecule has 0 fully saturated rings. The van der Waals surface area contributed by atoms with E-state index in [1.165, 1.54) is 12.3 Å². The van der Waals surface area contributed by atoms with Crippen LogP contribution < -0.4 is 4.72 Å². The molecular formula is C17H13Cl2N5O2S. The predicted molar refractivity (Wildman–Crippen MR) is 104 cm³/mol. The van der Waals surface area contributed by atoms with E-state index in [4.69, 9.17) is 23.2 Å². The molecule has 4 aromatic rings. The lowest BCUT2D eigenvalue weighted by Crippen LogP contribution is -2.23. The van der Waals surface area contributed by atoms with Gasteiger partial charge < -0.3 is 4.98 Å². The van der Waals surface area contributed by atoms with E-state index in [1.807, 2.05) is 6.07 Å². The van der Waals surface area contributed by atoms with Crippen LogP contribution in [0.25, 0.3) is 22.4 Å². The predicted octanol–water partition coefficient (Wildman–Crippen LogP) is 3.74. The van der Waals surface area contributed by atoms with Gasteiger partial charge in [0.25, 0.3) is 0 Å². The average molecular weight is 422 g/mol. The lowest BCUT2D eigenvalue weighted by Gasteiger charge is -2.08.